The molecule has 1 atom stereocenters. The molecule has 0 aliphatic carbocycles. The van der Waals surface area contributed by atoms with E-state index in [2.05, 4.69) is 26.8 Å². The first kappa shape index (κ1) is 16.3. The molecule has 124 valence electrons. The predicted molar refractivity (Wildman–Crippen MR) is 96.2 cm³/mol. The summed E-state index contributed by atoms with van der Waals surface area (Å²) in [6.45, 7) is 5.61. The molecule has 0 aromatic carbocycles. The molecular weight excluding hydrogens is 300 g/mol. The summed E-state index contributed by atoms with van der Waals surface area (Å²) in [5.74, 6) is 0.387. The van der Waals surface area contributed by atoms with Crippen LogP contribution < -0.4 is 4.90 Å². The first-order valence-corrected chi connectivity index (χ1v) is 8.06. The van der Waals surface area contributed by atoms with Gasteiger partial charge in [0.2, 0.25) is 0 Å². The average molecular weight is 322 g/mol. The van der Waals surface area contributed by atoms with E-state index in [4.69, 9.17) is 0 Å². The van der Waals surface area contributed by atoms with Gasteiger partial charge in [-0.2, -0.15) is 0 Å². The van der Waals surface area contributed by atoms with E-state index in [9.17, 15) is 5.11 Å². The number of hydrogen-bond acceptors (Lipinski definition) is 5. The highest BCUT2D eigenvalue weighted by Crippen LogP contribution is 2.33. The van der Waals surface area contributed by atoms with Gasteiger partial charge in [0.1, 0.15) is 5.60 Å². The molecule has 1 unspecified atom stereocenters. The molecule has 0 bridgehead atoms. The Balaban J connectivity index is 2.02. The lowest BCUT2D eigenvalue weighted by atomic mass is 10.0. The zero-order chi connectivity index (χ0) is 17.2. The maximum Gasteiger partial charge on any atom is 0.101 e. The van der Waals surface area contributed by atoms with Crippen LogP contribution in [-0.2, 0) is 5.60 Å². The van der Waals surface area contributed by atoms with E-state index in [-0.39, 0.29) is 0 Å². The molecule has 2 aromatic heterocycles. The molecule has 1 N–H and O–H groups in total. The highest BCUT2D eigenvalue weighted by Gasteiger charge is 2.21. The van der Waals surface area contributed by atoms with Crippen LogP contribution in [0.1, 0.15) is 32.9 Å². The Bertz CT molecular complexity index is 745. The van der Waals surface area contributed by atoms with Crippen molar-refractivity contribution in [3.63, 3.8) is 0 Å². The summed E-state index contributed by atoms with van der Waals surface area (Å²) >= 11 is 0. The van der Waals surface area contributed by atoms with Crippen molar-refractivity contribution >= 4 is 17.6 Å². The second kappa shape index (κ2) is 6.53. The van der Waals surface area contributed by atoms with Crippen molar-refractivity contribution in [2.45, 2.75) is 32.8 Å². The lowest BCUT2D eigenvalue weighted by Gasteiger charge is -2.29. The standard InChI is InChI=1S/C19H22N4O/c1-14-10-17(12-21-11-14)23(15-6-8-20-9-7-15)16-4-5-18(22-13-16)19(2,3)24/h4-9,11-14,24H,10H2,1-3H3. The van der Waals surface area contributed by atoms with Gasteiger partial charge in [0, 0.05) is 36.2 Å². The molecule has 1 aliphatic rings. The Hall–Kier alpha value is -2.53. The number of aliphatic hydroxyl groups is 1. The lowest BCUT2D eigenvalue weighted by Crippen LogP contribution is -2.22. The van der Waals surface area contributed by atoms with E-state index in [1.807, 2.05) is 36.7 Å². The summed E-state index contributed by atoms with van der Waals surface area (Å²) in [5, 5.41) is 10.1. The number of anilines is 2. The molecule has 24 heavy (non-hydrogen) atoms. The van der Waals surface area contributed by atoms with Gasteiger partial charge in [-0.3, -0.25) is 15.0 Å². The Labute approximate surface area is 142 Å². The van der Waals surface area contributed by atoms with Crippen LogP contribution >= 0.6 is 0 Å². The Morgan fingerprint density at radius 2 is 1.88 bits per heavy atom. The molecular formula is C19H22N4O. The fourth-order valence-electron chi connectivity index (χ4n) is 2.71. The third-order valence-corrected chi connectivity index (χ3v) is 3.94. The first-order chi connectivity index (χ1) is 11.4. The molecule has 5 heteroatoms. The summed E-state index contributed by atoms with van der Waals surface area (Å²) in [7, 11) is 0. The second-order valence-electron chi connectivity index (χ2n) is 6.60. The summed E-state index contributed by atoms with van der Waals surface area (Å²) in [6.07, 6.45) is 10.1. The predicted octanol–water partition coefficient (Wildman–Crippen LogP) is 3.79. The average Bonchev–Trinajstić information content (AvgIpc) is 2.56. The van der Waals surface area contributed by atoms with Crippen molar-refractivity contribution in [2.24, 2.45) is 10.9 Å². The third kappa shape index (κ3) is 3.51. The van der Waals surface area contributed by atoms with Crippen molar-refractivity contribution in [2.75, 3.05) is 4.90 Å². The topological polar surface area (TPSA) is 61.6 Å². The number of pyridine rings is 2. The van der Waals surface area contributed by atoms with Crippen LogP contribution in [0.25, 0.3) is 0 Å². The molecule has 1 aliphatic heterocycles. The second-order valence-corrected chi connectivity index (χ2v) is 6.60. The van der Waals surface area contributed by atoms with Crippen LogP contribution in [0, 0.1) is 5.92 Å². The van der Waals surface area contributed by atoms with E-state index in [1.165, 1.54) is 0 Å². The van der Waals surface area contributed by atoms with E-state index < -0.39 is 5.60 Å². The van der Waals surface area contributed by atoms with Gasteiger partial charge in [0.25, 0.3) is 0 Å². The number of hydrogen-bond donors (Lipinski definition) is 1. The maximum absolute atomic E-state index is 10.1. The minimum atomic E-state index is -0.955. The molecule has 0 saturated carbocycles. The Morgan fingerprint density at radius 1 is 1.12 bits per heavy atom. The zero-order valence-corrected chi connectivity index (χ0v) is 14.2. The van der Waals surface area contributed by atoms with Gasteiger partial charge in [-0.25, -0.2) is 0 Å². The highest BCUT2D eigenvalue weighted by atomic mass is 16.3. The molecule has 0 spiro atoms. The van der Waals surface area contributed by atoms with Crippen molar-refractivity contribution in [3.8, 4) is 0 Å². The van der Waals surface area contributed by atoms with E-state index in [1.54, 1.807) is 32.4 Å². The molecule has 5 nitrogen and oxygen atoms in total. The Kier molecular flexibility index (Phi) is 4.44. The van der Waals surface area contributed by atoms with Crippen molar-refractivity contribution in [1.29, 1.82) is 0 Å². The highest BCUT2D eigenvalue weighted by molar-refractivity contribution is 5.70. The summed E-state index contributed by atoms with van der Waals surface area (Å²) < 4.78 is 0. The number of aliphatic imine (C=N–C) groups is 1. The van der Waals surface area contributed by atoms with Crippen LogP contribution in [0.2, 0.25) is 0 Å². The van der Waals surface area contributed by atoms with Crippen LogP contribution in [0.5, 0.6) is 0 Å². The summed E-state index contributed by atoms with van der Waals surface area (Å²) in [6, 6.07) is 7.77. The van der Waals surface area contributed by atoms with E-state index in [0.29, 0.717) is 11.6 Å². The number of allylic oxidation sites excluding steroid dienone is 1. The van der Waals surface area contributed by atoms with Crippen LogP contribution in [0.4, 0.5) is 11.4 Å². The zero-order valence-electron chi connectivity index (χ0n) is 14.2. The third-order valence-electron chi connectivity index (χ3n) is 3.94. The van der Waals surface area contributed by atoms with Crippen LogP contribution in [0.15, 0.2) is 59.7 Å². The minimum Gasteiger partial charge on any atom is -0.384 e. The van der Waals surface area contributed by atoms with Gasteiger partial charge < -0.3 is 10.0 Å². The smallest absolute Gasteiger partial charge is 0.101 e. The largest absolute Gasteiger partial charge is 0.384 e. The Morgan fingerprint density at radius 3 is 2.46 bits per heavy atom. The van der Waals surface area contributed by atoms with Gasteiger partial charge >= 0.3 is 0 Å². The molecule has 3 rings (SSSR count). The van der Waals surface area contributed by atoms with Crippen molar-refractivity contribution < 1.29 is 5.11 Å². The van der Waals surface area contributed by atoms with Crippen molar-refractivity contribution in [1.82, 2.24) is 9.97 Å². The van der Waals surface area contributed by atoms with Gasteiger partial charge in [0.15, 0.2) is 0 Å². The molecule has 0 saturated heterocycles. The molecule has 0 fully saturated rings. The van der Waals surface area contributed by atoms with E-state index >= 15 is 0 Å². The number of nitrogens with zero attached hydrogens (tertiary/aromatic N) is 4. The van der Waals surface area contributed by atoms with Crippen LogP contribution in [0.3, 0.4) is 0 Å². The monoisotopic (exact) mass is 322 g/mol. The summed E-state index contributed by atoms with van der Waals surface area (Å²) in [5.41, 5.74) is 2.74. The van der Waals surface area contributed by atoms with Gasteiger partial charge in [-0.1, -0.05) is 6.92 Å². The quantitative estimate of drug-likeness (QED) is 0.930. The number of rotatable bonds is 4. The maximum atomic E-state index is 10.1. The van der Waals surface area contributed by atoms with Gasteiger partial charge in [0.05, 0.1) is 17.6 Å². The summed E-state index contributed by atoms with van der Waals surface area (Å²) in [4.78, 5) is 15.0. The SMILES string of the molecule is CC1C=NC=C(N(c2ccncc2)c2ccc(C(C)(C)O)nc2)C1. The normalized spacial score (nSPS) is 17.5. The van der Waals surface area contributed by atoms with Crippen LogP contribution in [-0.4, -0.2) is 21.3 Å². The van der Waals surface area contributed by atoms with Gasteiger partial charge in [-0.05, 0) is 50.5 Å². The lowest BCUT2D eigenvalue weighted by molar-refractivity contribution is 0.0739. The van der Waals surface area contributed by atoms with E-state index in [0.717, 1.165) is 23.5 Å². The molecule has 2 aromatic rings. The molecule has 0 radical (unpaired) electrons. The number of aromatic nitrogens is 2. The fraction of sp³-hybridized carbons (Fsp3) is 0.316. The van der Waals surface area contributed by atoms with Crippen molar-refractivity contribution in [3.05, 3.63) is 60.4 Å². The molecule has 0 amide bonds. The molecule has 3 heterocycles. The minimum absolute atomic E-state index is 0.387. The fourth-order valence-corrected chi connectivity index (χ4v) is 2.71. The van der Waals surface area contributed by atoms with Gasteiger partial charge in [-0.15, -0.1) is 0 Å². The first-order valence-electron chi connectivity index (χ1n) is 8.06.